The predicted molar refractivity (Wildman–Crippen MR) is 77.6 cm³/mol. The van der Waals surface area contributed by atoms with Crippen LogP contribution in [0.2, 0.25) is 0 Å². The van der Waals surface area contributed by atoms with E-state index >= 15 is 0 Å². The second-order valence-electron chi connectivity index (χ2n) is 5.57. The van der Waals surface area contributed by atoms with Crippen molar-refractivity contribution in [1.82, 2.24) is 24.9 Å². The van der Waals surface area contributed by atoms with Crippen LogP contribution in [0.25, 0.3) is 5.82 Å². The molecule has 20 heavy (non-hydrogen) atoms. The van der Waals surface area contributed by atoms with Crippen LogP contribution < -0.4 is 5.73 Å². The van der Waals surface area contributed by atoms with Crippen molar-refractivity contribution in [2.75, 3.05) is 12.3 Å². The molecule has 6 heteroatoms. The van der Waals surface area contributed by atoms with Crippen LogP contribution in [0.4, 0.5) is 5.82 Å². The van der Waals surface area contributed by atoms with Crippen molar-refractivity contribution in [1.29, 1.82) is 0 Å². The summed E-state index contributed by atoms with van der Waals surface area (Å²) < 4.78 is 1.71. The highest BCUT2D eigenvalue weighted by Gasteiger charge is 2.25. The van der Waals surface area contributed by atoms with Crippen LogP contribution in [0.3, 0.4) is 0 Å². The fraction of sp³-hybridized carbons (Fsp3) is 0.500. The molecule has 0 saturated heterocycles. The Balaban J connectivity index is 1.98. The Hall–Kier alpha value is -1.95. The lowest BCUT2D eigenvalue weighted by Gasteiger charge is -2.29. The van der Waals surface area contributed by atoms with E-state index in [0.717, 1.165) is 36.5 Å². The molecule has 2 N–H and O–H groups in total. The van der Waals surface area contributed by atoms with Gasteiger partial charge in [0.2, 0.25) is 0 Å². The summed E-state index contributed by atoms with van der Waals surface area (Å²) in [5, 5.41) is 12.8. The van der Waals surface area contributed by atoms with Crippen molar-refractivity contribution in [3.8, 4) is 5.82 Å². The number of aromatic nitrogens is 4. The number of aryl methyl sites for hydroxylation is 1. The number of hydrogen-bond acceptors (Lipinski definition) is 5. The standard InChI is InChI=1S/C14H20N6/c1-9(2)19-7-6-12-11(8-19)14(15)20(18-12)13-5-4-10(3)16-17-13/h4-5,9H,6-8,15H2,1-3H3. The molecule has 0 fully saturated rings. The Bertz CT molecular complexity index is 613. The normalized spacial score (nSPS) is 15.6. The molecule has 3 rings (SSSR count). The maximum absolute atomic E-state index is 6.26. The number of hydrogen-bond donors (Lipinski definition) is 1. The van der Waals surface area contributed by atoms with Gasteiger partial charge in [0.05, 0.1) is 11.4 Å². The van der Waals surface area contributed by atoms with Gasteiger partial charge in [-0.2, -0.15) is 14.9 Å². The van der Waals surface area contributed by atoms with Crippen LogP contribution in [-0.2, 0) is 13.0 Å². The summed E-state index contributed by atoms with van der Waals surface area (Å²) in [6, 6.07) is 4.34. The average Bonchev–Trinajstić information content (AvgIpc) is 2.76. The lowest BCUT2D eigenvalue weighted by Crippen LogP contribution is -2.35. The lowest BCUT2D eigenvalue weighted by molar-refractivity contribution is 0.203. The van der Waals surface area contributed by atoms with E-state index < -0.39 is 0 Å². The first-order valence-electron chi connectivity index (χ1n) is 6.97. The number of rotatable bonds is 2. The summed E-state index contributed by atoms with van der Waals surface area (Å²) in [6.45, 7) is 8.21. The highest BCUT2D eigenvalue weighted by Crippen LogP contribution is 2.26. The molecule has 0 aliphatic carbocycles. The van der Waals surface area contributed by atoms with Gasteiger partial charge in [0, 0.05) is 31.1 Å². The molecule has 0 amide bonds. The van der Waals surface area contributed by atoms with E-state index in [0.29, 0.717) is 17.7 Å². The van der Waals surface area contributed by atoms with Crippen molar-refractivity contribution in [3.63, 3.8) is 0 Å². The third kappa shape index (κ3) is 2.16. The minimum absolute atomic E-state index is 0.519. The zero-order chi connectivity index (χ0) is 14.3. The molecular weight excluding hydrogens is 252 g/mol. The molecule has 0 aromatic carbocycles. The fourth-order valence-electron chi connectivity index (χ4n) is 2.54. The molecule has 2 aromatic heterocycles. The average molecular weight is 272 g/mol. The molecule has 0 bridgehead atoms. The molecule has 106 valence electrons. The zero-order valence-corrected chi connectivity index (χ0v) is 12.2. The molecule has 1 aliphatic heterocycles. The third-order valence-electron chi connectivity index (χ3n) is 3.83. The number of fused-ring (bicyclic) bond motifs is 1. The van der Waals surface area contributed by atoms with Crippen LogP contribution in [-0.4, -0.2) is 37.5 Å². The molecule has 0 atom stereocenters. The van der Waals surface area contributed by atoms with Gasteiger partial charge in [0.1, 0.15) is 5.82 Å². The third-order valence-corrected chi connectivity index (χ3v) is 3.83. The van der Waals surface area contributed by atoms with Crippen LogP contribution in [0.15, 0.2) is 12.1 Å². The van der Waals surface area contributed by atoms with Crippen LogP contribution >= 0.6 is 0 Å². The predicted octanol–water partition coefficient (Wildman–Crippen LogP) is 1.32. The van der Waals surface area contributed by atoms with Gasteiger partial charge >= 0.3 is 0 Å². The van der Waals surface area contributed by atoms with Gasteiger partial charge in [-0.3, -0.25) is 4.90 Å². The van der Waals surface area contributed by atoms with Crippen LogP contribution in [0.5, 0.6) is 0 Å². The highest BCUT2D eigenvalue weighted by atomic mass is 15.4. The van der Waals surface area contributed by atoms with Gasteiger partial charge in [-0.25, -0.2) is 0 Å². The van der Waals surface area contributed by atoms with E-state index in [9.17, 15) is 0 Å². The molecule has 1 aliphatic rings. The summed E-state index contributed by atoms with van der Waals surface area (Å²) in [7, 11) is 0. The summed E-state index contributed by atoms with van der Waals surface area (Å²) in [5.41, 5.74) is 9.36. The van der Waals surface area contributed by atoms with Crippen LogP contribution in [0, 0.1) is 6.92 Å². The number of nitrogens with two attached hydrogens (primary N) is 1. The number of nitrogen functional groups attached to an aromatic ring is 1. The first-order chi connectivity index (χ1) is 9.56. The molecule has 3 heterocycles. The smallest absolute Gasteiger partial charge is 0.178 e. The molecular formula is C14H20N6. The highest BCUT2D eigenvalue weighted by molar-refractivity contribution is 5.49. The van der Waals surface area contributed by atoms with Crippen molar-refractivity contribution in [3.05, 3.63) is 29.1 Å². The van der Waals surface area contributed by atoms with Gasteiger partial charge in [-0.05, 0) is 32.9 Å². The first kappa shape index (κ1) is 13.1. The monoisotopic (exact) mass is 272 g/mol. The largest absolute Gasteiger partial charge is 0.383 e. The SMILES string of the molecule is Cc1ccc(-n2nc3c(c2N)CN(C(C)C)CC3)nn1. The quantitative estimate of drug-likeness (QED) is 0.892. The Morgan fingerprint density at radius 3 is 2.70 bits per heavy atom. The van der Waals surface area contributed by atoms with Gasteiger partial charge in [0.25, 0.3) is 0 Å². The minimum Gasteiger partial charge on any atom is -0.383 e. The maximum Gasteiger partial charge on any atom is 0.178 e. The molecule has 6 nitrogen and oxygen atoms in total. The second kappa shape index (κ2) is 4.86. The van der Waals surface area contributed by atoms with E-state index in [2.05, 4.69) is 34.0 Å². The van der Waals surface area contributed by atoms with E-state index in [4.69, 9.17) is 5.73 Å². The van der Waals surface area contributed by atoms with Crippen molar-refractivity contribution in [2.24, 2.45) is 0 Å². The molecule has 2 aromatic rings. The van der Waals surface area contributed by atoms with Gasteiger partial charge < -0.3 is 5.73 Å². The van der Waals surface area contributed by atoms with Crippen molar-refractivity contribution < 1.29 is 0 Å². The summed E-state index contributed by atoms with van der Waals surface area (Å²) in [5.74, 6) is 1.36. The Morgan fingerprint density at radius 1 is 1.25 bits per heavy atom. The second-order valence-corrected chi connectivity index (χ2v) is 5.57. The van der Waals surface area contributed by atoms with Gasteiger partial charge in [-0.1, -0.05) is 0 Å². The van der Waals surface area contributed by atoms with Crippen LogP contribution in [0.1, 0.15) is 30.8 Å². The fourth-order valence-corrected chi connectivity index (χ4v) is 2.54. The Labute approximate surface area is 118 Å². The number of anilines is 1. The molecule has 0 radical (unpaired) electrons. The molecule has 0 spiro atoms. The minimum atomic E-state index is 0.519. The van der Waals surface area contributed by atoms with E-state index in [-0.39, 0.29) is 0 Å². The maximum atomic E-state index is 6.26. The summed E-state index contributed by atoms with van der Waals surface area (Å²) in [6.07, 6.45) is 0.935. The Morgan fingerprint density at radius 2 is 2.05 bits per heavy atom. The van der Waals surface area contributed by atoms with Crippen molar-refractivity contribution in [2.45, 2.75) is 39.8 Å². The van der Waals surface area contributed by atoms with Gasteiger partial charge in [-0.15, -0.1) is 5.10 Å². The van der Waals surface area contributed by atoms with Crippen molar-refractivity contribution >= 4 is 5.82 Å². The summed E-state index contributed by atoms with van der Waals surface area (Å²) >= 11 is 0. The molecule has 0 saturated carbocycles. The van der Waals surface area contributed by atoms with E-state index in [1.807, 2.05) is 19.1 Å². The first-order valence-corrected chi connectivity index (χ1v) is 6.97. The topological polar surface area (TPSA) is 72.9 Å². The zero-order valence-electron chi connectivity index (χ0n) is 12.2. The molecule has 0 unspecified atom stereocenters. The number of nitrogens with zero attached hydrogens (tertiary/aromatic N) is 5. The lowest BCUT2D eigenvalue weighted by atomic mass is 10.1. The summed E-state index contributed by atoms with van der Waals surface area (Å²) in [4.78, 5) is 2.41. The Kier molecular flexibility index (Phi) is 3.17. The van der Waals surface area contributed by atoms with Gasteiger partial charge in [0.15, 0.2) is 5.82 Å². The van der Waals surface area contributed by atoms with E-state index in [1.54, 1.807) is 4.68 Å². The van der Waals surface area contributed by atoms with E-state index in [1.165, 1.54) is 0 Å².